The van der Waals surface area contributed by atoms with Crippen LogP contribution >= 0.6 is 11.6 Å². The summed E-state index contributed by atoms with van der Waals surface area (Å²) in [5.41, 5.74) is 3.75. The molecule has 0 aliphatic carbocycles. The highest BCUT2D eigenvalue weighted by Crippen LogP contribution is 2.25. The number of benzene rings is 2. The lowest BCUT2D eigenvalue weighted by molar-refractivity contribution is -0.122. The molecule has 0 spiro atoms. The van der Waals surface area contributed by atoms with Crippen LogP contribution < -0.4 is 10.2 Å². The van der Waals surface area contributed by atoms with Gasteiger partial charge in [0, 0.05) is 42.9 Å². The van der Waals surface area contributed by atoms with Crippen LogP contribution in [-0.4, -0.2) is 49.6 Å². The van der Waals surface area contributed by atoms with Crippen LogP contribution in [0.25, 0.3) is 0 Å². The molecule has 0 bridgehead atoms. The van der Waals surface area contributed by atoms with Gasteiger partial charge in [-0.1, -0.05) is 48.0 Å². The molecule has 0 unspecified atom stereocenters. The van der Waals surface area contributed by atoms with Crippen LogP contribution in [0.15, 0.2) is 48.5 Å². The van der Waals surface area contributed by atoms with Gasteiger partial charge in [-0.2, -0.15) is 0 Å². The van der Waals surface area contributed by atoms with E-state index < -0.39 is 0 Å². The Labute approximate surface area is 173 Å². The quantitative estimate of drug-likeness (QED) is 0.766. The molecule has 0 aromatic heterocycles. The second-order valence-electron chi connectivity index (χ2n) is 7.69. The minimum atomic E-state index is 0.118. The van der Waals surface area contributed by atoms with E-state index in [0.717, 1.165) is 44.0 Å². The molecule has 0 radical (unpaired) electrons. The molecule has 2 aromatic rings. The highest BCUT2D eigenvalue weighted by molar-refractivity contribution is 6.30. The van der Waals surface area contributed by atoms with Crippen molar-refractivity contribution in [3.63, 3.8) is 0 Å². The zero-order chi connectivity index (χ0) is 19.9. The van der Waals surface area contributed by atoms with Crippen LogP contribution in [0.4, 0.5) is 5.69 Å². The Kier molecular flexibility index (Phi) is 7.35. The predicted octanol–water partition coefficient (Wildman–Crippen LogP) is 3.91. The van der Waals surface area contributed by atoms with E-state index in [9.17, 15) is 4.79 Å². The number of anilines is 1. The number of nitrogens with zero attached hydrogens (tertiary/aromatic N) is 2. The smallest absolute Gasteiger partial charge is 0.234 e. The normalized spacial score (nSPS) is 16.0. The van der Waals surface area contributed by atoms with Crippen molar-refractivity contribution in [1.82, 2.24) is 10.2 Å². The van der Waals surface area contributed by atoms with E-state index in [1.54, 1.807) is 0 Å². The third-order valence-electron chi connectivity index (χ3n) is 5.37. The molecule has 1 saturated heterocycles. The second kappa shape index (κ2) is 9.94. The lowest BCUT2D eigenvalue weighted by Gasteiger charge is -2.36. The van der Waals surface area contributed by atoms with Gasteiger partial charge in [0.1, 0.15) is 0 Å². The Morgan fingerprint density at radius 2 is 1.82 bits per heavy atom. The molecular formula is C23H30ClN3O. The summed E-state index contributed by atoms with van der Waals surface area (Å²) in [7, 11) is 0. The summed E-state index contributed by atoms with van der Waals surface area (Å²) >= 11 is 6.16. The molecule has 1 aliphatic rings. The molecule has 28 heavy (non-hydrogen) atoms. The highest BCUT2D eigenvalue weighted by Gasteiger charge is 2.21. The second-order valence-corrected chi connectivity index (χ2v) is 8.12. The van der Waals surface area contributed by atoms with Gasteiger partial charge < -0.3 is 10.2 Å². The fourth-order valence-electron chi connectivity index (χ4n) is 3.69. The third kappa shape index (κ3) is 5.98. The van der Waals surface area contributed by atoms with Gasteiger partial charge in [0.2, 0.25) is 5.91 Å². The number of rotatable bonds is 7. The molecular weight excluding hydrogens is 370 g/mol. The van der Waals surface area contributed by atoms with Crippen molar-refractivity contribution >= 4 is 23.2 Å². The van der Waals surface area contributed by atoms with Gasteiger partial charge >= 0.3 is 0 Å². The molecule has 1 N–H and O–H groups in total. The van der Waals surface area contributed by atoms with Crippen molar-refractivity contribution in [3.05, 3.63) is 64.7 Å². The molecule has 1 heterocycles. The average Bonchev–Trinajstić information content (AvgIpc) is 2.69. The molecule has 0 saturated carbocycles. The summed E-state index contributed by atoms with van der Waals surface area (Å²) in [5.74, 6) is 0.118. The van der Waals surface area contributed by atoms with Crippen molar-refractivity contribution < 1.29 is 4.79 Å². The molecule has 1 fully saturated rings. The van der Waals surface area contributed by atoms with Crippen molar-refractivity contribution in [3.8, 4) is 0 Å². The molecule has 1 aliphatic heterocycles. The summed E-state index contributed by atoms with van der Waals surface area (Å²) in [6, 6.07) is 16.6. The first kappa shape index (κ1) is 20.7. The Hall–Kier alpha value is -2.04. The maximum atomic E-state index is 12.4. The van der Waals surface area contributed by atoms with Crippen molar-refractivity contribution in [2.75, 3.05) is 37.6 Å². The number of nitrogens with one attached hydrogen (secondary N) is 1. The van der Waals surface area contributed by atoms with Crippen LogP contribution in [0.2, 0.25) is 5.02 Å². The number of halogens is 1. The van der Waals surface area contributed by atoms with Crippen LogP contribution in [0, 0.1) is 6.92 Å². The van der Waals surface area contributed by atoms with Crippen molar-refractivity contribution in [2.24, 2.45) is 0 Å². The zero-order valence-corrected chi connectivity index (χ0v) is 17.6. The Bertz CT molecular complexity index is 773. The van der Waals surface area contributed by atoms with E-state index in [0.29, 0.717) is 6.54 Å². The lowest BCUT2D eigenvalue weighted by Crippen LogP contribution is -2.50. The maximum absolute atomic E-state index is 12.4. The first-order valence-electron chi connectivity index (χ1n) is 10.1. The monoisotopic (exact) mass is 399 g/mol. The van der Waals surface area contributed by atoms with E-state index in [2.05, 4.69) is 59.3 Å². The summed E-state index contributed by atoms with van der Waals surface area (Å²) < 4.78 is 0. The first-order chi connectivity index (χ1) is 13.5. The number of carbonyl (C=O) groups excluding carboxylic acids is 1. The van der Waals surface area contributed by atoms with Crippen LogP contribution in [0.3, 0.4) is 0 Å². The highest BCUT2D eigenvalue weighted by atomic mass is 35.5. The van der Waals surface area contributed by atoms with E-state index in [1.165, 1.54) is 16.8 Å². The Morgan fingerprint density at radius 1 is 1.11 bits per heavy atom. The largest absolute Gasteiger partial charge is 0.369 e. The molecule has 5 heteroatoms. The minimum Gasteiger partial charge on any atom is -0.369 e. The number of aryl methyl sites for hydroxylation is 2. The Morgan fingerprint density at radius 3 is 2.54 bits per heavy atom. The summed E-state index contributed by atoms with van der Waals surface area (Å²) in [6.07, 6.45) is 1.94. The van der Waals surface area contributed by atoms with Crippen molar-refractivity contribution in [2.45, 2.75) is 32.7 Å². The number of piperazine rings is 1. The minimum absolute atomic E-state index is 0.118. The summed E-state index contributed by atoms with van der Waals surface area (Å²) in [6.45, 7) is 8.27. The van der Waals surface area contributed by atoms with Gasteiger partial charge in [-0.25, -0.2) is 0 Å². The zero-order valence-electron chi connectivity index (χ0n) is 16.8. The number of hydrogen-bond donors (Lipinski definition) is 1. The van der Waals surface area contributed by atoms with Crippen LogP contribution in [0.1, 0.15) is 24.5 Å². The first-order valence-corrected chi connectivity index (χ1v) is 10.5. The topological polar surface area (TPSA) is 35.6 Å². The SMILES string of the molecule is Cc1ccc(Cl)cc1N1CCN(CC(=O)N[C@@H](C)CCc2ccccc2)CC1. The van der Waals surface area contributed by atoms with Gasteiger partial charge in [-0.05, 0) is 49.9 Å². The third-order valence-corrected chi connectivity index (χ3v) is 5.60. The summed E-state index contributed by atoms with van der Waals surface area (Å²) in [5, 5.41) is 3.92. The van der Waals surface area contributed by atoms with E-state index in [4.69, 9.17) is 11.6 Å². The number of carbonyl (C=O) groups is 1. The van der Waals surface area contributed by atoms with Crippen LogP contribution in [0.5, 0.6) is 0 Å². The van der Waals surface area contributed by atoms with Gasteiger partial charge in [0.05, 0.1) is 6.54 Å². The number of amides is 1. The molecule has 2 aromatic carbocycles. The van der Waals surface area contributed by atoms with Crippen LogP contribution in [-0.2, 0) is 11.2 Å². The standard InChI is InChI=1S/C23H30ClN3O/c1-18-8-11-21(24)16-22(18)27-14-12-26(13-15-27)17-23(28)25-19(2)9-10-20-6-4-3-5-7-20/h3-8,11,16,19H,9-10,12-15,17H2,1-2H3,(H,25,28)/t19-/m0/s1. The Balaban J connectivity index is 1.40. The average molecular weight is 400 g/mol. The molecule has 4 nitrogen and oxygen atoms in total. The number of hydrogen-bond acceptors (Lipinski definition) is 3. The molecule has 1 atom stereocenters. The predicted molar refractivity (Wildman–Crippen MR) is 117 cm³/mol. The van der Waals surface area contributed by atoms with Gasteiger partial charge in [0.25, 0.3) is 0 Å². The molecule has 150 valence electrons. The van der Waals surface area contributed by atoms with Gasteiger partial charge in [0.15, 0.2) is 0 Å². The molecule has 1 amide bonds. The van der Waals surface area contributed by atoms with E-state index in [1.807, 2.05) is 18.2 Å². The van der Waals surface area contributed by atoms with Gasteiger partial charge in [-0.15, -0.1) is 0 Å². The summed E-state index contributed by atoms with van der Waals surface area (Å²) in [4.78, 5) is 17.0. The van der Waals surface area contributed by atoms with E-state index >= 15 is 0 Å². The van der Waals surface area contributed by atoms with Crippen molar-refractivity contribution in [1.29, 1.82) is 0 Å². The fraction of sp³-hybridized carbons (Fsp3) is 0.435. The lowest BCUT2D eigenvalue weighted by atomic mass is 10.1. The van der Waals surface area contributed by atoms with E-state index in [-0.39, 0.29) is 11.9 Å². The fourth-order valence-corrected chi connectivity index (χ4v) is 3.86. The maximum Gasteiger partial charge on any atom is 0.234 e. The molecule has 3 rings (SSSR count). The van der Waals surface area contributed by atoms with Gasteiger partial charge in [-0.3, -0.25) is 9.69 Å².